The summed E-state index contributed by atoms with van der Waals surface area (Å²) in [6.45, 7) is 9.28. The van der Waals surface area contributed by atoms with Gasteiger partial charge in [0.2, 0.25) is 0 Å². The van der Waals surface area contributed by atoms with Crippen molar-refractivity contribution in [2.24, 2.45) is 5.92 Å². The molecule has 0 aromatic heterocycles. The Hall–Kier alpha value is -0.120. The Morgan fingerprint density at radius 3 is 2.32 bits per heavy atom. The zero-order valence-corrected chi connectivity index (χ0v) is 12.4. The van der Waals surface area contributed by atoms with Crippen molar-refractivity contribution >= 4 is 0 Å². The Morgan fingerprint density at radius 2 is 1.63 bits per heavy atom. The topological polar surface area (TPSA) is 18.5 Å². The van der Waals surface area contributed by atoms with E-state index >= 15 is 0 Å². The highest BCUT2D eigenvalue weighted by Gasteiger charge is 2.26. The minimum atomic E-state index is 0.904. The monoisotopic (exact) mass is 265 g/mol. The van der Waals surface area contributed by atoms with Crippen molar-refractivity contribution < 1.29 is 0 Å². The summed E-state index contributed by atoms with van der Waals surface area (Å²) in [6, 6.07) is 0.904. The lowest BCUT2D eigenvalue weighted by Crippen LogP contribution is -2.48. The molecular weight excluding hydrogens is 234 g/mol. The smallest absolute Gasteiger partial charge is 0.0120 e. The molecule has 3 nitrogen and oxygen atoms in total. The second-order valence-electron chi connectivity index (χ2n) is 6.84. The van der Waals surface area contributed by atoms with Gasteiger partial charge in [0.25, 0.3) is 0 Å². The summed E-state index contributed by atoms with van der Waals surface area (Å²) in [5.41, 5.74) is 0. The van der Waals surface area contributed by atoms with Gasteiger partial charge in [-0.3, -0.25) is 0 Å². The number of piperidine rings is 3. The van der Waals surface area contributed by atoms with E-state index in [2.05, 4.69) is 15.1 Å². The quantitative estimate of drug-likeness (QED) is 0.841. The summed E-state index contributed by atoms with van der Waals surface area (Å²) >= 11 is 0. The molecule has 110 valence electrons. The molecule has 19 heavy (non-hydrogen) atoms. The minimum Gasteiger partial charge on any atom is -0.316 e. The summed E-state index contributed by atoms with van der Waals surface area (Å²) < 4.78 is 0. The summed E-state index contributed by atoms with van der Waals surface area (Å²) in [6.07, 6.45) is 10.0. The van der Waals surface area contributed by atoms with Crippen LogP contribution < -0.4 is 5.32 Å². The summed E-state index contributed by atoms with van der Waals surface area (Å²) in [4.78, 5) is 5.51. The van der Waals surface area contributed by atoms with E-state index in [1.54, 1.807) is 0 Å². The third kappa shape index (κ3) is 3.93. The van der Waals surface area contributed by atoms with Gasteiger partial charge in [0.15, 0.2) is 0 Å². The highest BCUT2D eigenvalue weighted by molar-refractivity contribution is 4.83. The molecule has 0 spiro atoms. The van der Waals surface area contributed by atoms with Gasteiger partial charge in [-0.25, -0.2) is 0 Å². The molecule has 0 amide bonds. The molecule has 3 aliphatic rings. The van der Waals surface area contributed by atoms with E-state index in [0.29, 0.717) is 0 Å². The average Bonchev–Trinajstić information content (AvgIpc) is 2.50. The molecule has 3 heteroatoms. The van der Waals surface area contributed by atoms with E-state index in [1.165, 1.54) is 90.8 Å². The van der Waals surface area contributed by atoms with Crippen LogP contribution in [0.3, 0.4) is 0 Å². The molecule has 1 N–H and O–H groups in total. The van der Waals surface area contributed by atoms with Crippen molar-refractivity contribution in [2.45, 2.75) is 51.0 Å². The van der Waals surface area contributed by atoms with Crippen molar-refractivity contribution in [3.05, 3.63) is 0 Å². The molecule has 1 unspecified atom stereocenters. The van der Waals surface area contributed by atoms with Crippen molar-refractivity contribution in [2.75, 3.05) is 45.8 Å². The number of hydrogen-bond donors (Lipinski definition) is 1. The van der Waals surface area contributed by atoms with Crippen LogP contribution in [0.15, 0.2) is 0 Å². The third-order valence-electron chi connectivity index (χ3n) is 5.38. The molecule has 0 aromatic carbocycles. The molecule has 1 atom stereocenters. The largest absolute Gasteiger partial charge is 0.316 e. The maximum Gasteiger partial charge on any atom is 0.0120 e. The molecule has 3 fully saturated rings. The highest BCUT2D eigenvalue weighted by Crippen LogP contribution is 2.22. The fraction of sp³-hybridized carbons (Fsp3) is 1.00. The van der Waals surface area contributed by atoms with Crippen LogP contribution in [0.1, 0.15) is 44.9 Å². The fourth-order valence-electron chi connectivity index (χ4n) is 4.20. The first kappa shape index (κ1) is 13.8. The SMILES string of the molecule is C1CCN(C2CCN(CC3CCCNC3)CC2)CC1. The second kappa shape index (κ2) is 7.05. The predicted molar refractivity (Wildman–Crippen MR) is 80.5 cm³/mol. The zero-order chi connectivity index (χ0) is 12.9. The first-order valence-corrected chi connectivity index (χ1v) is 8.59. The van der Waals surface area contributed by atoms with Gasteiger partial charge in [-0.1, -0.05) is 6.42 Å². The second-order valence-corrected chi connectivity index (χ2v) is 6.84. The summed E-state index contributed by atoms with van der Waals surface area (Å²) in [5.74, 6) is 0.917. The predicted octanol–water partition coefficient (Wildman–Crippen LogP) is 1.94. The Bertz CT molecular complexity index is 249. The summed E-state index contributed by atoms with van der Waals surface area (Å²) in [5, 5.41) is 3.55. The normalized spacial score (nSPS) is 32.5. The lowest BCUT2D eigenvalue weighted by Gasteiger charge is -2.41. The van der Waals surface area contributed by atoms with Gasteiger partial charge in [-0.05, 0) is 83.7 Å². The Labute approximate surface area is 118 Å². The zero-order valence-electron chi connectivity index (χ0n) is 12.4. The number of rotatable bonds is 3. The lowest BCUT2D eigenvalue weighted by molar-refractivity contribution is 0.0828. The van der Waals surface area contributed by atoms with Gasteiger partial charge >= 0.3 is 0 Å². The van der Waals surface area contributed by atoms with Crippen LogP contribution in [-0.4, -0.2) is 61.7 Å². The first-order chi connectivity index (χ1) is 9.42. The van der Waals surface area contributed by atoms with E-state index in [9.17, 15) is 0 Å². The standard InChI is InChI=1S/C16H31N3/c1-2-9-19(10-3-1)16-6-11-18(12-7-16)14-15-5-4-8-17-13-15/h15-17H,1-14H2. The van der Waals surface area contributed by atoms with Gasteiger partial charge in [0.05, 0.1) is 0 Å². The number of nitrogens with one attached hydrogen (secondary N) is 1. The molecule has 0 aliphatic carbocycles. The molecular formula is C16H31N3. The van der Waals surface area contributed by atoms with E-state index < -0.39 is 0 Å². The van der Waals surface area contributed by atoms with Crippen LogP contribution in [0.2, 0.25) is 0 Å². The van der Waals surface area contributed by atoms with Crippen LogP contribution in [0.5, 0.6) is 0 Å². The maximum atomic E-state index is 3.55. The van der Waals surface area contributed by atoms with Gasteiger partial charge in [0.1, 0.15) is 0 Å². The molecule has 0 aromatic rings. The van der Waals surface area contributed by atoms with Crippen LogP contribution in [-0.2, 0) is 0 Å². The van der Waals surface area contributed by atoms with E-state index in [0.717, 1.165) is 12.0 Å². The molecule has 3 aliphatic heterocycles. The van der Waals surface area contributed by atoms with Crippen LogP contribution in [0, 0.1) is 5.92 Å². The summed E-state index contributed by atoms with van der Waals surface area (Å²) in [7, 11) is 0. The van der Waals surface area contributed by atoms with Gasteiger partial charge in [-0.15, -0.1) is 0 Å². The van der Waals surface area contributed by atoms with Gasteiger partial charge in [-0.2, -0.15) is 0 Å². The number of nitrogens with zero attached hydrogens (tertiary/aromatic N) is 2. The molecule has 3 heterocycles. The van der Waals surface area contributed by atoms with Gasteiger partial charge in [0, 0.05) is 12.6 Å². The molecule has 0 saturated carbocycles. The molecule has 0 bridgehead atoms. The van der Waals surface area contributed by atoms with E-state index in [-0.39, 0.29) is 0 Å². The van der Waals surface area contributed by atoms with Crippen LogP contribution >= 0.6 is 0 Å². The minimum absolute atomic E-state index is 0.904. The Morgan fingerprint density at radius 1 is 0.842 bits per heavy atom. The first-order valence-electron chi connectivity index (χ1n) is 8.59. The Balaban J connectivity index is 1.38. The van der Waals surface area contributed by atoms with Crippen LogP contribution in [0.4, 0.5) is 0 Å². The lowest BCUT2D eigenvalue weighted by atomic mass is 9.96. The van der Waals surface area contributed by atoms with Crippen molar-refractivity contribution in [1.82, 2.24) is 15.1 Å². The number of hydrogen-bond acceptors (Lipinski definition) is 3. The maximum absolute atomic E-state index is 3.55. The van der Waals surface area contributed by atoms with Crippen LogP contribution in [0.25, 0.3) is 0 Å². The van der Waals surface area contributed by atoms with E-state index in [4.69, 9.17) is 0 Å². The van der Waals surface area contributed by atoms with Crippen molar-refractivity contribution in [3.63, 3.8) is 0 Å². The Kier molecular flexibility index (Phi) is 5.14. The van der Waals surface area contributed by atoms with Gasteiger partial charge < -0.3 is 15.1 Å². The fourth-order valence-corrected chi connectivity index (χ4v) is 4.20. The van der Waals surface area contributed by atoms with Crippen molar-refractivity contribution in [3.8, 4) is 0 Å². The molecule has 3 saturated heterocycles. The van der Waals surface area contributed by atoms with Crippen molar-refractivity contribution in [1.29, 1.82) is 0 Å². The average molecular weight is 265 g/mol. The van der Waals surface area contributed by atoms with E-state index in [1.807, 2.05) is 0 Å². The number of likely N-dealkylation sites (tertiary alicyclic amines) is 2. The molecule has 0 radical (unpaired) electrons. The molecule has 3 rings (SSSR count). The third-order valence-corrected chi connectivity index (χ3v) is 5.38. The highest BCUT2D eigenvalue weighted by atomic mass is 15.2.